The van der Waals surface area contributed by atoms with Crippen LogP contribution in [-0.2, 0) is 0 Å². The Morgan fingerprint density at radius 3 is 2.40 bits per heavy atom. The van der Waals surface area contributed by atoms with Crippen molar-refractivity contribution in [1.82, 2.24) is 0 Å². The van der Waals surface area contributed by atoms with E-state index in [-0.39, 0.29) is 17.6 Å². The lowest BCUT2D eigenvalue weighted by Crippen LogP contribution is -2.14. The van der Waals surface area contributed by atoms with Gasteiger partial charge in [0.15, 0.2) is 17.3 Å². The van der Waals surface area contributed by atoms with Crippen LogP contribution in [0.3, 0.4) is 0 Å². The number of carbonyl (C=O) groups excluding carboxylic acids is 2. The van der Waals surface area contributed by atoms with Gasteiger partial charge in [-0.15, -0.1) is 0 Å². The molecule has 3 rings (SSSR count). The molecule has 30 heavy (non-hydrogen) atoms. The average Bonchev–Trinajstić information content (AvgIpc) is 3.27. The Kier molecular flexibility index (Phi) is 7.13. The number of hydrogen-bond donors (Lipinski definition) is 2. The Hall–Kier alpha value is -3.26. The normalized spacial score (nSPS) is 10.4. The lowest BCUT2D eigenvalue weighted by Gasteiger charge is -2.14. The molecule has 0 spiro atoms. The van der Waals surface area contributed by atoms with Gasteiger partial charge >= 0.3 is 0 Å². The highest BCUT2D eigenvalue weighted by Crippen LogP contribution is 2.37. The molecular formula is C22H21BrN2O5. The first-order chi connectivity index (χ1) is 14.5. The van der Waals surface area contributed by atoms with Crippen molar-refractivity contribution in [3.63, 3.8) is 0 Å². The first-order valence-electron chi connectivity index (χ1n) is 9.28. The summed E-state index contributed by atoms with van der Waals surface area (Å²) in [4.78, 5) is 24.9. The van der Waals surface area contributed by atoms with E-state index < -0.39 is 0 Å². The van der Waals surface area contributed by atoms with E-state index in [2.05, 4.69) is 26.6 Å². The Bertz CT molecular complexity index is 1030. The van der Waals surface area contributed by atoms with Gasteiger partial charge in [-0.3, -0.25) is 9.59 Å². The Labute approximate surface area is 182 Å². The van der Waals surface area contributed by atoms with Crippen molar-refractivity contribution in [3.05, 3.63) is 70.6 Å². The van der Waals surface area contributed by atoms with Gasteiger partial charge in [-0.05, 0) is 64.8 Å². The molecule has 0 aliphatic heterocycles. The van der Waals surface area contributed by atoms with Crippen molar-refractivity contribution >= 4 is 39.1 Å². The summed E-state index contributed by atoms with van der Waals surface area (Å²) >= 11 is 3.44. The van der Waals surface area contributed by atoms with Crippen LogP contribution in [0.2, 0.25) is 0 Å². The Balaban J connectivity index is 1.74. The summed E-state index contributed by atoms with van der Waals surface area (Å²) < 4.78 is 16.8. The zero-order valence-electron chi connectivity index (χ0n) is 16.5. The molecule has 1 aromatic heterocycles. The van der Waals surface area contributed by atoms with Gasteiger partial charge in [-0.1, -0.05) is 13.0 Å². The van der Waals surface area contributed by atoms with Gasteiger partial charge in [0.05, 0.1) is 24.5 Å². The maximum Gasteiger partial charge on any atom is 0.291 e. The van der Waals surface area contributed by atoms with E-state index in [1.54, 1.807) is 48.5 Å². The average molecular weight is 473 g/mol. The van der Waals surface area contributed by atoms with Crippen LogP contribution in [0.25, 0.3) is 0 Å². The second kappa shape index (κ2) is 9.98. The molecule has 0 saturated heterocycles. The molecule has 0 atom stereocenters. The van der Waals surface area contributed by atoms with E-state index >= 15 is 0 Å². The molecule has 2 amide bonds. The van der Waals surface area contributed by atoms with E-state index in [0.717, 1.165) is 6.42 Å². The van der Waals surface area contributed by atoms with Crippen LogP contribution in [0.4, 0.5) is 11.4 Å². The Morgan fingerprint density at radius 2 is 1.77 bits per heavy atom. The smallest absolute Gasteiger partial charge is 0.291 e. The predicted molar refractivity (Wildman–Crippen MR) is 118 cm³/mol. The summed E-state index contributed by atoms with van der Waals surface area (Å²) in [5, 5.41) is 5.54. The standard InChI is InChI=1S/C22H21BrN2O5/c1-3-9-30-20-17(23)11-14(12-19(20)28-2)21(26)24-15-6-4-7-16(13-15)25-22(27)18-8-5-10-29-18/h4-8,10-13H,3,9H2,1-2H3,(H,24,26)(H,25,27). The molecule has 0 fully saturated rings. The molecule has 0 aliphatic carbocycles. The Morgan fingerprint density at radius 1 is 1.03 bits per heavy atom. The lowest BCUT2D eigenvalue weighted by molar-refractivity contribution is 0.0995. The van der Waals surface area contributed by atoms with Crippen molar-refractivity contribution < 1.29 is 23.5 Å². The third-order valence-electron chi connectivity index (χ3n) is 4.07. The molecule has 156 valence electrons. The lowest BCUT2D eigenvalue weighted by atomic mass is 10.1. The molecule has 0 bridgehead atoms. The third kappa shape index (κ3) is 5.21. The van der Waals surface area contributed by atoms with Crippen LogP contribution in [0.5, 0.6) is 11.5 Å². The molecule has 2 N–H and O–H groups in total. The molecule has 0 saturated carbocycles. The molecule has 2 aromatic carbocycles. The molecule has 0 aliphatic rings. The largest absolute Gasteiger partial charge is 0.493 e. The molecule has 3 aromatic rings. The van der Waals surface area contributed by atoms with Crippen LogP contribution in [-0.4, -0.2) is 25.5 Å². The van der Waals surface area contributed by atoms with E-state index in [1.807, 2.05) is 6.92 Å². The van der Waals surface area contributed by atoms with Gasteiger partial charge in [0.25, 0.3) is 11.8 Å². The maximum absolute atomic E-state index is 12.7. The minimum absolute atomic E-state index is 0.201. The number of ether oxygens (including phenoxy) is 2. The van der Waals surface area contributed by atoms with Crippen LogP contribution in [0, 0.1) is 0 Å². The fourth-order valence-corrected chi connectivity index (χ4v) is 3.23. The minimum atomic E-state index is -0.375. The minimum Gasteiger partial charge on any atom is -0.493 e. The monoisotopic (exact) mass is 472 g/mol. The van der Waals surface area contributed by atoms with Crippen LogP contribution in [0.1, 0.15) is 34.3 Å². The summed E-state index contributed by atoms with van der Waals surface area (Å²) in [6, 6.07) is 13.3. The number of benzene rings is 2. The second-order valence-corrected chi connectivity index (χ2v) is 7.16. The second-order valence-electron chi connectivity index (χ2n) is 6.30. The van der Waals surface area contributed by atoms with Gasteiger partial charge in [0, 0.05) is 16.9 Å². The summed E-state index contributed by atoms with van der Waals surface area (Å²) in [6.45, 7) is 2.55. The van der Waals surface area contributed by atoms with Crippen LogP contribution >= 0.6 is 15.9 Å². The number of rotatable bonds is 8. The van der Waals surface area contributed by atoms with Gasteiger partial charge < -0.3 is 24.5 Å². The van der Waals surface area contributed by atoms with Gasteiger partial charge in [0.1, 0.15) is 0 Å². The highest BCUT2D eigenvalue weighted by molar-refractivity contribution is 9.10. The molecule has 1 heterocycles. The number of carbonyl (C=O) groups is 2. The molecule has 0 radical (unpaired) electrons. The molecule has 7 nitrogen and oxygen atoms in total. The topological polar surface area (TPSA) is 89.8 Å². The van der Waals surface area contributed by atoms with Crippen molar-refractivity contribution in [1.29, 1.82) is 0 Å². The first kappa shape index (κ1) is 21.4. The van der Waals surface area contributed by atoms with Crippen molar-refractivity contribution in [2.75, 3.05) is 24.4 Å². The predicted octanol–water partition coefficient (Wildman–Crippen LogP) is 5.34. The zero-order chi connectivity index (χ0) is 21.5. The number of amides is 2. The third-order valence-corrected chi connectivity index (χ3v) is 4.65. The quantitative estimate of drug-likeness (QED) is 0.461. The molecule has 0 unspecified atom stereocenters. The van der Waals surface area contributed by atoms with E-state index in [1.165, 1.54) is 13.4 Å². The number of halogens is 1. The number of methoxy groups -OCH3 is 1. The van der Waals surface area contributed by atoms with E-state index in [0.29, 0.717) is 39.5 Å². The fraction of sp³-hybridized carbons (Fsp3) is 0.182. The summed E-state index contributed by atoms with van der Waals surface area (Å²) in [5.74, 6) is 0.512. The number of nitrogens with one attached hydrogen (secondary N) is 2. The fourth-order valence-electron chi connectivity index (χ4n) is 2.67. The van der Waals surface area contributed by atoms with E-state index in [4.69, 9.17) is 13.9 Å². The van der Waals surface area contributed by atoms with Crippen LogP contribution in [0.15, 0.2) is 63.7 Å². The molecular weight excluding hydrogens is 452 g/mol. The van der Waals surface area contributed by atoms with E-state index in [9.17, 15) is 9.59 Å². The number of anilines is 2. The van der Waals surface area contributed by atoms with Gasteiger partial charge in [-0.2, -0.15) is 0 Å². The molecule has 8 heteroatoms. The van der Waals surface area contributed by atoms with Gasteiger partial charge in [0.2, 0.25) is 0 Å². The summed E-state index contributed by atoms with van der Waals surface area (Å²) in [7, 11) is 1.52. The zero-order valence-corrected chi connectivity index (χ0v) is 18.1. The van der Waals surface area contributed by atoms with Crippen molar-refractivity contribution in [2.45, 2.75) is 13.3 Å². The highest BCUT2D eigenvalue weighted by atomic mass is 79.9. The van der Waals surface area contributed by atoms with Crippen LogP contribution < -0.4 is 20.1 Å². The number of hydrogen-bond acceptors (Lipinski definition) is 5. The SMILES string of the molecule is CCCOc1c(Br)cc(C(=O)Nc2cccc(NC(=O)c3ccco3)c2)cc1OC. The summed E-state index contributed by atoms with van der Waals surface area (Å²) in [5.41, 5.74) is 1.45. The summed E-state index contributed by atoms with van der Waals surface area (Å²) in [6.07, 6.45) is 2.28. The van der Waals surface area contributed by atoms with Crippen molar-refractivity contribution in [2.24, 2.45) is 0 Å². The first-order valence-corrected chi connectivity index (χ1v) is 10.1. The number of furan rings is 1. The maximum atomic E-state index is 12.7. The highest BCUT2D eigenvalue weighted by Gasteiger charge is 2.16. The van der Waals surface area contributed by atoms with Crippen molar-refractivity contribution in [3.8, 4) is 11.5 Å². The van der Waals surface area contributed by atoms with Gasteiger partial charge in [-0.25, -0.2) is 0 Å².